The zero-order valence-corrected chi connectivity index (χ0v) is 6.80. The highest BCUT2D eigenvalue weighted by Crippen LogP contribution is 2.02. The Morgan fingerprint density at radius 1 is 1.27 bits per heavy atom. The molecular formula is C10H13N. The van der Waals surface area contributed by atoms with Crippen LogP contribution in [0.1, 0.15) is 11.1 Å². The minimum absolute atomic E-state index is 0.836. The Kier molecular flexibility index (Phi) is 3.12. The molecule has 0 aliphatic carbocycles. The largest absolute Gasteiger partial charge is 0.311 e. The van der Waals surface area contributed by atoms with Crippen LogP contribution >= 0.6 is 0 Å². The van der Waals surface area contributed by atoms with Gasteiger partial charge in [0.2, 0.25) is 0 Å². The van der Waals surface area contributed by atoms with Crippen molar-refractivity contribution in [2.45, 2.75) is 13.3 Å². The normalized spacial score (nSPS) is 10.0. The Morgan fingerprint density at radius 3 is 2.45 bits per heavy atom. The van der Waals surface area contributed by atoms with Gasteiger partial charge >= 0.3 is 0 Å². The van der Waals surface area contributed by atoms with Crippen molar-refractivity contribution in [2.75, 3.05) is 6.54 Å². The van der Waals surface area contributed by atoms with Crippen LogP contribution in [-0.4, -0.2) is 6.54 Å². The average molecular weight is 147 g/mol. The first-order valence-corrected chi connectivity index (χ1v) is 3.82. The first-order chi connectivity index (χ1) is 5.33. The molecule has 0 saturated carbocycles. The maximum atomic E-state index is 5.16. The van der Waals surface area contributed by atoms with Gasteiger partial charge in [-0.05, 0) is 25.5 Å². The molecule has 1 N–H and O–H groups in total. The molecule has 0 aliphatic heterocycles. The van der Waals surface area contributed by atoms with E-state index in [0.717, 1.165) is 13.0 Å². The smallest absolute Gasteiger partial charge is 0.0407 e. The lowest BCUT2D eigenvalue weighted by Crippen LogP contribution is -2.07. The molecule has 0 aromatic heterocycles. The fourth-order valence-corrected chi connectivity index (χ4v) is 0.971. The summed E-state index contributed by atoms with van der Waals surface area (Å²) in [5, 5.41) is 2.63. The molecule has 0 aliphatic rings. The van der Waals surface area contributed by atoms with Gasteiger partial charge < -0.3 is 5.32 Å². The lowest BCUT2D eigenvalue weighted by Gasteiger charge is -1.99. The molecule has 0 spiro atoms. The predicted octanol–water partition coefficient (Wildman–Crippen LogP) is 1.80. The summed E-state index contributed by atoms with van der Waals surface area (Å²) in [5.41, 5.74) is 2.63. The summed E-state index contributed by atoms with van der Waals surface area (Å²) in [6.07, 6.45) is 0.997. The number of rotatable bonds is 3. The van der Waals surface area contributed by atoms with Crippen molar-refractivity contribution in [3.05, 3.63) is 42.4 Å². The van der Waals surface area contributed by atoms with Crippen LogP contribution in [-0.2, 0) is 6.42 Å². The third kappa shape index (κ3) is 2.72. The predicted molar refractivity (Wildman–Crippen MR) is 47.2 cm³/mol. The summed E-state index contributed by atoms with van der Waals surface area (Å²) in [5.74, 6) is 0. The molecule has 1 aromatic carbocycles. The van der Waals surface area contributed by atoms with E-state index >= 15 is 0 Å². The van der Waals surface area contributed by atoms with Crippen molar-refractivity contribution in [3.63, 3.8) is 0 Å². The summed E-state index contributed by atoms with van der Waals surface area (Å²) < 4.78 is 0. The highest BCUT2D eigenvalue weighted by atomic mass is 14.8. The van der Waals surface area contributed by atoms with E-state index < -0.39 is 0 Å². The van der Waals surface area contributed by atoms with Crippen LogP contribution in [0.2, 0.25) is 0 Å². The molecule has 58 valence electrons. The molecule has 0 amide bonds. The molecule has 0 bridgehead atoms. The van der Waals surface area contributed by atoms with E-state index in [1.165, 1.54) is 11.1 Å². The second-order valence-electron chi connectivity index (χ2n) is 2.69. The molecular weight excluding hydrogens is 134 g/mol. The number of hydrogen-bond acceptors (Lipinski definition) is 1. The van der Waals surface area contributed by atoms with E-state index in [1.807, 2.05) is 0 Å². The third-order valence-corrected chi connectivity index (χ3v) is 1.68. The molecule has 1 rings (SSSR count). The second-order valence-corrected chi connectivity index (χ2v) is 2.69. The van der Waals surface area contributed by atoms with Crippen LogP contribution < -0.4 is 5.32 Å². The first-order valence-electron chi connectivity index (χ1n) is 3.82. The first kappa shape index (κ1) is 8.28. The van der Waals surface area contributed by atoms with Crippen molar-refractivity contribution in [1.82, 2.24) is 5.32 Å². The van der Waals surface area contributed by atoms with Crippen molar-refractivity contribution >= 4 is 0 Å². The lowest BCUT2D eigenvalue weighted by atomic mass is 10.1. The van der Waals surface area contributed by atoms with Gasteiger partial charge in [0.05, 0.1) is 0 Å². The summed E-state index contributed by atoms with van der Waals surface area (Å²) in [6.45, 7) is 2.92. The molecule has 0 heterocycles. The minimum atomic E-state index is 0.836. The summed E-state index contributed by atoms with van der Waals surface area (Å²) in [4.78, 5) is 0. The Morgan fingerprint density at radius 2 is 1.91 bits per heavy atom. The fraction of sp³-hybridized carbons (Fsp3) is 0.300. The van der Waals surface area contributed by atoms with Gasteiger partial charge in [-0.3, -0.25) is 0 Å². The SMILES string of the molecule is [CH]NCCc1ccc(C)cc1. The standard InChI is InChI=1S/C10H13N/c1-9-3-5-10(6-4-9)7-8-11-2/h2-6,11H,7-8H2,1H3. The highest BCUT2D eigenvalue weighted by Gasteiger charge is 1.89. The second kappa shape index (κ2) is 4.14. The van der Waals surface area contributed by atoms with E-state index in [-0.39, 0.29) is 0 Å². The fourth-order valence-electron chi connectivity index (χ4n) is 0.971. The molecule has 1 nitrogen and oxygen atoms in total. The van der Waals surface area contributed by atoms with Crippen LogP contribution in [0.3, 0.4) is 0 Å². The van der Waals surface area contributed by atoms with Crippen molar-refractivity contribution in [2.24, 2.45) is 0 Å². The third-order valence-electron chi connectivity index (χ3n) is 1.68. The van der Waals surface area contributed by atoms with Gasteiger partial charge in [-0.1, -0.05) is 29.8 Å². The Balaban J connectivity index is 2.52. The zero-order chi connectivity index (χ0) is 8.10. The van der Waals surface area contributed by atoms with E-state index in [2.05, 4.69) is 36.5 Å². The van der Waals surface area contributed by atoms with Crippen LogP contribution in [0.5, 0.6) is 0 Å². The van der Waals surface area contributed by atoms with E-state index in [0.29, 0.717) is 0 Å². The lowest BCUT2D eigenvalue weighted by molar-refractivity contribution is 0.829. The maximum Gasteiger partial charge on any atom is 0.0407 e. The molecule has 0 atom stereocenters. The number of aryl methyl sites for hydroxylation is 1. The van der Waals surface area contributed by atoms with Gasteiger partial charge in [0.15, 0.2) is 0 Å². The zero-order valence-electron chi connectivity index (χ0n) is 6.80. The maximum absolute atomic E-state index is 5.16. The molecule has 1 aromatic rings. The number of nitrogens with one attached hydrogen (secondary N) is 1. The summed E-state index contributed by atoms with van der Waals surface area (Å²) >= 11 is 0. The minimum Gasteiger partial charge on any atom is -0.311 e. The van der Waals surface area contributed by atoms with Crippen LogP contribution in [0.25, 0.3) is 0 Å². The van der Waals surface area contributed by atoms with Crippen LogP contribution in [0, 0.1) is 14.0 Å². The van der Waals surface area contributed by atoms with E-state index in [4.69, 9.17) is 7.05 Å². The van der Waals surface area contributed by atoms with Gasteiger partial charge in [0.25, 0.3) is 0 Å². The molecule has 11 heavy (non-hydrogen) atoms. The molecule has 2 radical (unpaired) electrons. The van der Waals surface area contributed by atoms with E-state index in [9.17, 15) is 0 Å². The highest BCUT2D eigenvalue weighted by molar-refractivity contribution is 5.21. The molecule has 0 fully saturated rings. The van der Waals surface area contributed by atoms with Gasteiger partial charge in [0.1, 0.15) is 0 Å². The Hall–Kier alpha value is -0.820. The topological polar surface area (TPSA) is 12.0 Å². The van der Waals surface area contributed by atoms with Crippen LogP contribution in [0.15, 0.2) is 24.3 Å². The van der Waals surface area contributed by atoms with Crippen molar-refractivity contribution in [3.8, 4) is 0 Å². The van der Waals surface area contributed by atoms with Gasteiger partial charge in [-0.25, -0.2) is 0 Å². The quantitative estimate of drug-likeness (QED) is 0.643. The number of benzene rings is 1. The average Bonchev–Trinajstić information content (AvgIpc) is 2.04. The van der Waals surface area contributed by atoms with Gasteiger partial charge in [-0.2, -0.15) is 0 Å². The summed E-state index contributed by atoms with van der Waals surface area (Å²) in [6, 6.07) is 8.50. The van der Waals surface area contributed by atoms with Crippen molar-refractivity contribution in [1.29, 1.82) is 0 Å². The van der Waals surface area contributed by atoms with Gasteiger partial charge in [0, 0.05) is 7.05 Å². The molecule has 0 unspecified atom stereocenters. The van der Waals surface area contributed by atoms with Crippen LogP contribution in [0.4, 0.5) is 0 Å². The van der Waals surface area contributed by atoms with E-state index in [1.54, 1.807) is 0 Å². The molecule has 1 heteroatoms. The Bertz CT molecular complexity index is 201. The van der Waals surface area contributed by atoms with Crippen molar-refractivity contribution < 1.29 is 0 Å². The number of hydrogen-bond donors (Lipinski definition) is 1. The molecule has 0 saturated heterocycles. The van der Waals surface area contributed by atoms with Gasteiger partial charge in [-0.15, -0.1) is 0 Å². The Labute approximate surface area is 68.4 Å². The monoisotopic (exact) mass is 147 g/mol. The summed E-state index contributed by atoms with van der Waals surface area (Å²) in [7, 11) is 5.16.